The molecule has 1 saturated carbocycles. The van der Waals surface area contributed by atoms with Gasteiger partial charge in [0.2, 0.25) is 0 Å². The lowest BCUT2D eigenvalue weighted by Gasteiger charge is -2.27. The van der Waals surface area contributed by atoms with Crippen molar-refractivity contribution in [1.29, 1.82) is 0 Å². The molecular weight excluding hydrogens is 438 g/mol. The summed E-state index contributed by atoms with van der Waals surface area (Å²) in [6.45, 7) is 1.98. The molecule has 0 unspecified atom stereocenters. The first-order valence-electron chi connectivity index (χ1n) is 11.3. The normalized spacial score (nSPS) is 18.8. The minimum atomic E-state index is -2.95. The van der Waals surface area contributed by atoms with E-state index in [-0.39, 0.29) is 23.2 Å². The molecule has 0 bridgehead atoms. The summed E-state index contributed by atoms with van der Waals surface area (Å²) in [5.74, 6) is 0.362. The van der Waals surface area contributed by atoms with E-state index in [0.29, 0.717) is 26.2 Å². The van der Waals surface area contributed by atoms with Gasteiger partial charge in [-0.15, -0.1) is 0 Å². The van der Waals surface area contributed by atoms with Crippen LogP contribution < -0.4 is 5.69 Å². The molecule has 0 amide bonds. The lowest BCUT2D eigenvalue weighted by atomic mass is 10.0. The van der Waals surface area contributed by atoms with Gasteiger partial charge >= 0.3 is 5.69 Å². The largest absolute Gasteiger partial charge is 0.329 e. The Morgan fingerprint density at radius 3 is 2.55 bits per heavy atom. The number of nitrogens with zero attached hydrogens (tertiary/aromatic N) is 5. The molecule has 0 atom stereocenters. The number of rotatable bonds is 5. The van der Waals surface area contributed by atoms with Crippen LogP contribution in [0.5, 0.6) is 0 Å². The van der Waals surface area contributed by atoms with Crippen LogP contribution in [0, 0.1) is 0 Å². The van der Waals surface area contributed by atoms with Crippen molar-refractivity contribution in [3.63, 3.8) is 0 Å². The highest BCUT2D eigenvalue weighted by Gasteiger charge is 2.29. The average molecular weight is 464 g/mol. The quantitative estimate of drug-likeness (QED) is 0.451. The molecular formula is C24H25N5O3S. The Labute approximate surface area is 191 Å². The second-order valence-electron chi connectivity index (χ2n) is 9.03. The van der Waals surface area contributed by atoms with E-state index in [1.807, 2.05) is 35.0 Å². The number of hydrogen-bond donors (Lipinski definition) is 0. The number of hydrogen-bond acceptors (Lipinski definition) is 6. The zero-order valence-corrected chi connectivity index (χ0v) is 19.0. The molecule has 1 aromatic carbocycles. The Kier molecular flexibility index (Phi) is 4.84. The number of sulfone groups is 1. The van der Waals surface area contributed by atoms with Crippen LogP contribution in [0.3, 0.4) is 0 Å². The molecule has 9 heteroatoms. The van der Waals surface area contributed by atoms with Crippen LogP contribution in [-0.4, -0.2) is 57.0 Å². The minimum absolute atomic E-state index is 0.0227. The van der Waals surface area contributed by atoms with Crippen molar-refractivity contribution in [3.05, 3.63) is 70.7 Å². The highest BCUT2D eigenvalue weighted by Crippen LogP contribution is 2.36. The molecule has 3 aromatic heterocycles. The summed E-state index contributed by atoms with van der Waals surface area (Å²) in [5.41, 5.74) is 3.60. The Morgan fingerprint density at radius 1 is 0.970 bits per heavy atom. The van der Waals surface area contributed by atoms with E-state index in [4.69, 9.17) is 4.98 Å². The van der Waals surface area contributed by atoms with Crippen LogP contribution in [0.1, 0.15) is 30.1 Å². The van der Waals surface area contributed by atoms with Crippen LogP contribution in [-0.2, 0) is 22.9 Å². The van der Waals surface area contributed by atoms with Crippen LogP contribution in [0.25, 0.3) is 21.8 Å². The molecule has 6 rings (SSSR count). The topological polar surface area (TPSA) is 90.1 Å². The van der Waals surface area contributed by atoms with Crippen LogP contribution in [0.2, 0.25) is 0 Å². The first-order valence-corrected chi connectivity index (χ1v) is 13.2. The summed E-state index contributed by atoms with van der Waals surface area (Å²) in [5, 5.41) is 2.13. The van der Waals surface area contributed by atoms with E-state index >= 15 is 0 Å². The SMILES string of the molecule is O=c1n(Cc2ncc3ccccc3c2CN2CCS(=O)(=O)CC2)c2cnccc2n1C1CC1. The van der Waals surface area contributed by atoms with Crippen molar-refractivity contribution in [2.24, 2.45) is 0 Å². The molecule has 0 radical (unpaired) electrons. The van der Waals surface area contributed by atoms with E-state index in [1.165, 1.54) is 0 Å². The third-order valence-corrected chi connectivity index (χ3v) is 8.41. The van der Waals surface area contributed by atoms with Gasteiger partial charge in [0, 0.05) is 43.5 Å². The lowest BCUT2D eigenvalue weighted by molar-refractivity contribution is 0.287. The molecule has 2 fully saturated rings. The van der Waals surface area contributed by atoms with Gasteiger partial charge < -0.3 is 0 Å². The summed E-state index contributed by atoms with van der Waals surface area (Å²) >= 11 is 0. The fraction of sp³-hybridized carbons (Fsp3) is 0.375. The molecule has 1 aliphatic heterocycles. The summed E-state index contributed by atoms with van der Waals surface area (Å²) in [4.78, 5) is 24.6. The Balaban J connectivity index is 1.44. The van der Waals surface area contributed by atoms with Gasteiger partial charge in [0.25, 0.3) is 0 Å². The van der Waals surface area contributed by atoms with Crippen molar-refractivity contribution < 1.29 is 8.42 Å². The molecule has 8 nitrogen and oxygen atoms in total. The second kappa shape index (κ2) is 7.78. The summed E-state index contributed by atoms with van der Waals surface area (Å²) in [6.07, 6.45) is 7.40. The van der Waals surface area contributed by atoms with E-state index in [0.717, 1.165) is 45.9 Å². The Morgan fingerprint density at radius 2 is 1.76 bits per heavy atom. The predicted molar refractivity (Wildman–Crippen MR) is 127 cm³/mol. The van der Waals surface area contributed by atoms with Crippen molar-refractivity contribution in [2.45, 2.75) is 32.0 Å². The van der Waals surface area contributed by atoms with Crippen LogP contribution in [0.15, 0.2) is 53.7 Å². The maximum absolute atomic E-state index is 13.4. The van der Waals surface area contributed by atoms with Gasteiger partial charge in [-0.25, -0.2) is 13.2 Å². The smallest absolute Gasteiger partial charge is 0.297 e. The van der Waals surface area contributed by atoms with Crippen molar-refractivity contribution in [1.82, 2.24) is 24.0 Å². The van der Waals surface area contributed by atoms with Gasteiger partial charge in [0.1, 0.15) is 0 Å². The van der Waals surface area contributed by atoms with Crippen LogP contribution >= 0.6 is 0 Å². The molecule has 33 heavy (non-hydrogen) atoms. The van der Waals surface area contributed by atoms with Crippen LogP contribution in [0.4, 0.5) is 0 Å². The average Bonchev–Trinajstić information content (AvgIpc) is 3.61. The number of aromatic nitrogens is 4. The zero-order chi connectivity index (χ0) is 22.6. The van der Waals surface area contributed by atoms with E-state index in [2.05, 4.69) is 16.0 Å². The van der Waals surface area contributed by atoms with Crippen molar-refractivity contribution >= 4 is 31.6 Å². The number of benzene rings is 1. The molecule has 4 aromatic rings. The minimum Gasteiger partial charge on any atom is -0.297 e. The van der Waals surface area contributed by atoms with E-state index in [9.17, 15) is 13.2 Å². The van der Waals surface area contributed by atoms with Crippen molar-refractivity contribution in [3.8, 4) is 0 Å². The number of imidazole rings is 1. The number of pyridine rings is 2. The molecule has 2 aliphatic rings. The third kappa shape index (κ3) is 3.75. The standard InChI is InChI=1S/C24H25N5O3S/c30-24-28(23-14-25-8-7-22(23)29(24)18-5-6-18)16-21-20(15-27-9-11-33(31,32)12-10-27)19-4-2-1-3-17(19)13-26-21/h1-4,7-8,13-14,18H,5-6,9-12,15-16H2. The van der Waals surface area contributed by atoms with Gasteiger partial charge in [-0.3, -0.25) is 24.0 Å². The van der Waals surface area contributed by atoms with Crippen molar-refractivity contribution in [2.75, 3.05) is 24.6 Å². The van der Waals surface area contributed by atoms with Gasteiger partial charge in [-0.2, -0.15) is 0 Å². The fourth-order valence-corrected chi connectivity index (χ4v) is 6.10. The second-order valence-corrected chi connectivity index (χ2v) is 11.3. The van der Waals surface area contributed by atoms with E-state index in [1.54, 1.807) is 17.0 Å². The van der Waals surface area contributed by atoms with Gasteiger partial charge in [0.15, 0.2) is 9.84 Å². The first kappa shape index (κ1) is 20.6. The van der Waals surface area contributed by atoms with Gasteiger partial charge in [-0.05, 0) is 29.9 Å². The van der Waals surface area contributed by atoms with Gasteiger partial charge in [0.05, 0.1) is 41.0 Å². The monoisotopic (exact) mass is 463 g/mol. The molecule has 170 valence electrons. The predicted octanol–water partition coefficient (Wildman–Crippen LogP) is 2.36. The highest BCUT2D eigenvalue weighted by atomic mass is 32.2. The molecule has 1 saturated heterocycles. The number of fused-ring (bicyclic) bond motifs is 2. The third-order valence-electron chi connectivity index (χ3n) is 6.80. The molecule has 0 N–H and O–H groups in total. The Hall–Kier alpha value is -3.04. The molecule has 0 spiro atoms. The molecule has 1 aliphatic carbocycles. The fourth-order valence-electron chi connectivity index (χ4n) is 4.82. The summed E-state index contributed by atoms with van der Waals surface area (Å²) < 4.78 is 27.5. The maximum Gasteiger partial charge on any atom is 0.329 e. The first-order chi connectivity index (χ1) is 16.0. The highest BCUT2D eigenvalue weighted by molar-refractivity contribution is 7.91. The van der Waals surface area contributed by atoms with E-state index < -0.39 is 9.84 Å². The van der Waals surface area contributed by atoms with Gasteiger partial charge in [-0.1, -0.05) is 24.3 Å². The Bertz CT molecular complexity index is 1520. The maximum atomic E-state index is 13.4. The summed E-state index contributed by atoms with van der Waals surface area (Å²) in [7, 11) is -2.95. The zero-order valence-electron chi connectivity index (χ0n) is 18.2. The molecule has 4 heterocycles. The summed E-state index contributed by atoms with van der Waals surface area (Å²) in [6, 6.07) is 10.3. The lowest BCUT2D eigenvalue weighted by Crippen LogP contribution is -2.40.